The number of primary amides is 1. The number of benzene rings is 1. The molecule has 1 aliphatic heterocycles. The van der Waals surface area contributed by atoms with Crippen LogP contribution in [-0.4, -0.2) is 33.9 Å². The number of carbonyl (C=O) groups excluding carboxylic acids is 2. The van der Waals surface area contributed by atoms with Crippen LogP contribution in [0.3, 0.4) is 0 Å². The van der Waals surface area contributed by atoms with Gasteiger partial charge < -0.3 is 15.2 Å². The van der Waals surface area contributed by atoms with E-state index >= 15 is 0 Å². The number of aromatic nitrogens is 1. The maximum atomic E-state index is 12.4. The monoisotopic (exact) mass is 349 g/mol. The fourth-order valence-electron chi connectivity index (χ4n) is 2.92. The highest BCUT2D eigenvalue weighted by atomic mass is 79.9. The fraction of sp³-hybridized carbons (Fsp3) is 0.333. The number of halogens is 1. The molecule has 0 bridgehead atoms. The van der Waals surface area contributed by atoms with Gasteiger partial charge in [-0.05, 0) is 31.0 Å². The van der Waals surface area contributed by atoms with Gasteiger partial charge in [0.1, 0.15) is 12.6 Å². The van der Waals surface area contributed by atoms with Gasteiger partial charge in [-0.3, -0.25) is 9.59 Å². The van der Waals surface area contributed by atoms with E-state index < -0.39 is 11.9 Å². The highest BCUT2D eigenvalue weighted by molar-refractivity contribution is 9.10. The summed E-state index contributed by atoms with van der Waals surface area (Å²) >= 11 is 3.50. The van der Waals surface area contributed by atoms with Crippen molar-refractivity contribution >= 4 is 38.6 Å². The summed E-state index contributed by atoms with van der Waals surface area (Å²) in [4.78, 5) is 25.4. The number of hydrogen-bond donors (Lipinski definition) is 1. The first-order chi connectivity index (χ1) is 10.1. The molecular weight excluding hydrogens is 334 g/mol. The molecule has 5 nitrogen and oxygen atoms in total. The lowest BCUT2D eigenvalue weighted by molar-refractivity contribution is -0.137. The van der Waals surface area contributed by atoms with E-state index in [1.54, 1.807) is 4.90 Å². The van der Waals surface area contributed by atoms with E-state index in [1.165, 1.54) is 0 Å². The number of nitrogens with two attached hydrogens (primary N) is 1. The van der Waals surface area contributed by atoms with Crippen molar-refractivity contribution in [3.63, 3.8) is 0 Å². The van der Waals surface area contributed by atoms with Crippen LogP contribution in [0.4, 0.5) is 0 Å². The molecule has 3 rings (SSSR count). The predicted octanol–water partition coefficient (Wildman–Crippen LogP) is 1.88. The number of nitrogens with zero attached hydrogens (tertiary/aromatic N) is 2. The predicted molar refractivity (Wildman–Crippen MR) is 83.6 cm³/mol. The van der Waals surface area contributed by atoms with E-state index in [-0.39, 0.29) is 12.5 Å². The summed E-state index contributed by atoms with van der Waals surface area (Å²) < 4.78 is 2.90. The second kappa shape index (κ2) is 5.52. The standard InChI is InChI=1S/C15H16BrN3O2/c16-11-3-1-4-12-10(11)6-8-18(12)9-14(20)19-7-2-5-13(19)15(17)21/h1,3-4,6,8,13H,2,5,7,9H2,(H2,17,21)/t13-/m1/s1. The van der Waals surface area contributed by atoms with Gasteiger partial charge in [-0.1, -0.05) is 22.0 Å². The molecule has 110 valence electrons. The van der Waals surface area contributed by atoms with Crippen molar-refractivity contribution in [1.29, 1.82) is 0 Å². The first-order valence-electron chi connectivity index (χ1n) is 6.90. The fourth-order valence-corrected chi connectivity index (χ4v) is 3.41. The van der Waals surface area contributed by atoms with E-state index in [0.29, 0.717) is 13.0 Å². The van der Waals surface area contributed by atoms with Crippen LogP contribution in [0.15, 0.2) is 34.9 Å². The summed E-state index contributed by atoms with van der Waals surface area (Å²) in [5.41, 5.74) is 6.36. The molecule has 1 aromatic carbocycles. The highest BCUT2D eigenvalue weighted by Crippen LogP contribution is 2.25. The smallest absolute Gasteiger partial charge is 0.243 e. The Morgan fingerprint density at radius 2 is 2.14 bits per heavy atom. The van der Waals surface area contributed by atoms with Crippen LogP contribution in [0.1, 0.15) is 12.8 Å². The van der Waals surface area contributed by atoms with Gasteiger partial charge in [0.25, 0.3) is 0 Å². The third kappa shape index (κ3) is 2.55. The Kier molecular flexibility index (Phi) is 3.71. The van der Waals surface area contributed by atoms with E-state index in [0.717, 1.165) is 21.8 Å². The van der Waals surface area contributed by atoms with Crippen molar-refractivity contribution in [2.24, 2.45) is 5.73 Å². The molecule has 2 N–H and O–H groups in total. The summed E-state index contributed by atoms with van der Waals surface area (Å²) in [5.74, 6) is -0.477. The lowest BCUT2D eigenvalue weighted by Crippen LogP contribution is -2.44. The minimum atomic E-state index is -0.453. The summed E-state index contributed by atoms with van der Waals surface area (Å²) in [6.45, 7) is 0.832. The van der Waals surface area contributed by atoms with E-state index in [2.05, 4.69) is 15.9 Å². The third-order valence-corrected chi connectivity index (χ3v) is 4.66. The molecular formula is C15H16BrN3O2. The molecule has 0 unspecified atom stereocenters. The zero-order chi connectivity index (χ0) is 15.0. The van der Waals surface area contributed by atoms with Crippen LogP contribution in [0.25, 0.3) is 10.9 Å². The molecule has 2 amide bonds. The number of fused-ring (bicyclic) bond motifs is 1. The number of carbonyl (C=O) groups is 2. The maximum absolute atomic E-state index is 12.4. The van der Waals surface area contributed by atoms with Crippen LogP contribution < -0.4 is 5.73 Å². The van der Waals surface area contributed by atoms with Crippen molar-refractivity contribution < 1.29 is 9.59 Å². The molecule has 2 heterocycles. The molecule has 0 spiro atoms. The minimum absolute atomic E-state index is 0.0613. The van der Waals surface area contributed by atoms with Gasteiger partial charge >= 0.3 is 0 Å². The Labute approximate surface area is 130 Å². The Morgan fingerprint density at radius 1 is 1.33 bits per heavy atom. The van der Waals surface area contributed by atoms with E-state index in [9.17, 15) is 9.59 Å². The number of likely N-dealkylation sites (tertiary alicyclic amines) is 1. The SMILES string of the molecule is NC(=O)[C@H]1CCCN1C(=O)Cn1ccc2c(Br)cccc21. The van der Waals surface area contributed by atoms with Crippen molar-refractivity contribution in [3.05, 3.63) is 34.9 Å². The molecule has 2 aromatic rings. The van der Waals surface area contributed by atoms with Crippen molar-refractivity contribution in [3.8, 4) is 0 Å². The van der Waals surface area contributed by atoms with Crippen LogP contribution in [-0.2, 0) is 16.1 Å². The van der Waals surface area contributed by atoms with Crippen molar-refractivity contribution in [2.75, 3.05) is 6.54 Å². The number of hydrogen-bond acceptors (Lipinski definition) is 2. The average Bonchev–Trinajstić information content (AvgIpc) is 3.06. The molecule has 1 atom stereocenters. The second-order valence-electron chi connectivity index (χ2n) is 5.26. The maximum Gasteiger partial charge on any atom is 0.243 e. The zero-order valence-electron chi connectivity index (χ0n) is 11.5. The van der Waals surface area contributed by atoms with Crippen LogP contribution in [0.2, 0.25) is 0 Å². The third-order valence-electron chi connectivity index (χ3n) is 3.97. The van der Waals surface area contributed by atoms with Gasteiger partial charge in [0, 0.05) is 28.1 Å². The Hall–Kier alpha value is -1.82. The normalized spacial score (nSPS) is 18.3. The first-order valence-corrected chi connectivity index (χ1v) is 7.69. The average molecular weight is 350 g/mol. The van der Waals surface area contributed by atoms with E-state index in [4.69, 9.17) is 5.73 Å². The highest BCUT2D eigenvalue weighted by Gasteiger charge is 2.32. The topological polar surface area (TPSA) is 68.3 Å². The van der Waals surface area contributed by atoms with Crippen LogP contribution in [0, 0.1) is 0 Å². The molecule has 0 aliphatic carbocycles. The van der Waals surface area contributed by atoms with Gasteiger partial charge in [-0.2, -0.15) is 0 Å². The summed E-state index contributed by atoms with van der Waals surface area (Å²) in [5, 5.41) is 1.07. The molecule has 0 radical (unpaired) electrons. The number of amides is 2. The van der Waals surface area contributed by atoms with Gasteiger partial charge in [-0.25, -0.2) is 0 Å². The van der Waals surface area contributed by atoms with Gasteiger partial charge in [0.15, 0.2) is 0 Å². The van der Waals surface area contributed by atoms with Crippen LogP contribution in [0.5, 0.6) is 0 Å². The quantitative estimate of drug-likeness (QED) is 0.918. The second-order valence-corrected chi connectivity index (χ2v) is 6.12. The number of rotatable bonds is 3. The Balaban J connectivity index is 1.84. The van der Waals surface area contributed by atoms with Crippen LogP contribution >= 0.6 is 15.9 Å². The molecule has 1 saturated heterocycles. The summed E-state index contributed by atoms with van der Waals surface area (Å²) in [6, 6.07) is 7.41. The Bertz CT molecular complexity index is 710. The molecule has 6 heteroatoms. The lowest BCUT2D eigenvalue weighted by atomic mass is 10.2. The molecule has 0 saturated carbocycles. The lowest BCUT2D eigenvalue weighted by Gasteiger charge is -2.22. The molecule has 1 fully saturated rings. The minimum Gasteiger partial charge on any atom is -0.368 e. The van der Waals surface area contributed by atoms with Gasteiger partial charge in [0.2, 0.25) is 11.8 Å². The van der Waals surface area contributed by atoms with Crippen molar-refractivity contribution in [1.82, 2.24) is 9.47 Å². The van der Waals surface area contributed by atoms with Gasteiger partial charge in [0.05, 0.1) is 0 Å². The van der Waals surface area contributed by atoms with E-state index in [1.807, 2.05) is 35.0 Å². The largest absolute Gasteiger partial charge is 0.368 e. The Morgan fingerprint density at radius 3 is 2.90 bits per heavy atom. The summed E-state index contributed by atoms with van der Waals surface area (Å²) in [6.07, 6.45) is 3.39. The molecule has 21 heavy (non-hydrogen) atoms. The summed E-state index contributed by atoms with van der Waals surface area (Å²) in [7, 11) is 0. The zero-order valence-corrected chi connectivity index (χ0v) is 13.0. The molecule has 1 aliphatic rings. The van der Waals surface area contributed by atoms with Gasteiger partial charge in [-0.15, -0.1) is 0 Å². The van der Waals surface area contributed by atoms with Crippen molar-refractivity contribution in [2.45, 2.75) is 25.4 Å². The molecule has 1 aromatic heterocycles. The first kappa shape index (κ1) is 14.1.